The Morgan fingerprint density at radius 2 is 2.13 bits per heavy atom. The lowest BCUT2D eigenvalue weighted by atomic mass is 9.88. The van der Waals surface area contributed by atoms with E-state index in [2.05, 4.69) is 15.5 Å². The number of halogens is 1. The van der Waals surface area contributed by atoms with Crippen molar-refractivity contribution in [3.63, 3.8) is 0 Å². The fourth-order valence-electron chi connectivity index (χ4n) is 4.04. The number of benzene rings is 1. The average Bonchev–Trinajstić information content (AvgIpc) is 3.38. The summed E-state index contributed by atoms with van der Waals surface area (Å²) in [4.78, 5) is 0.968. The predicted molar refractivity (Wildman–Crippen MR) is 129 cm³/mol. The van der Waals surface area contributed by atoms with Crippen LogP contribution in [0.3, 0.4) is 0 Å². The molecule has 1 heterocycles. The first-order chi connectivity index (χ1) is 14.6. The molecule has 2 unspecified atom stereocenters. The van der Waals surface area contributed by atoms with Crippen LogP contribution >= 0.6 is 11.8 Å². The number of allylic oxidation sites excluding steroid dienone is 2. The predicted octanol–water partition coefficient (Wildman–Crippen LogP) is 6.37. The second-order valence-electron chi connectivity index (χ2n) is 9.31. The van der Waals surface area contributed by atoms with Crippen LogP contribution in [0.5, 0.6) is 0 Å². The minimum Gasteiger partial charge on any atom is -0.402 e. The fraction of sp³-hybridized carbons (Fsp3) is 0.500. The van der Waals surface area contributed by atoms with Crippen molar-refractivity contribution >= 4 is 29.0 Å². The van der Waals surface area contributed by atoms with Gasteiger partial charge >= 0.3 is 0 Å². The Labute approximate surface area is 189 Å². The maximum atomic E-state index is 14.9. The molecule has 5 N–H and O–H groups in total. The van der Waals surface area contributed by atoms with Crippen molar-refractivity contribution in [1.29, 1.82) is 5.41 Å². The van der Waals surface area contributed by atoms with Gasteiger partial charge in [-0.15, -0.1) is 11.8 Å². The van der Waals surface area contributed by atoms with Gasteiger partial charge in [0.05, 0.1) is 5.69 Å². The Kier molecular flexibility index (Phi) is 7.14. The van der Waals surface area contributed by atoms with E-state index in [9.17, 15) is 4.39 Å². The first-order valence-corrected chi connectivity index (χ1v) is 12.1. The molecule has 0 aliphatic heterocycles. The summed E-state index contributed by atoms with van der Waals surface area (Å²) in [5, 5.41) is 18.8. The van der Waals surface area contributed by atoms with Gasteiger partial charge in [0.25, 0.3) is 0 Å². The van der Waals surface area contributed by atoms with Gasteiger partial charge < -0.3 is 16.5 Å². The Morgan fingerprint density at radius 3 is 2.77 bits per heavy atom. The minimum absolute atomic E-state index is 0.201. The van der Waals surface area contributed by atoms with Crippen molar-refractivity contribution in [1.82, 2.24) is 10.2 Å². The number of nitrogens with one attached hydrogen (secondary N) is 3. The van der Waals surface area contributed by atoms with Crippen LogP contribution in [-0.4, -0.2) is 22.2 Å². The summed E-state index contributed by atoms with van der Waals surface area (Å²) in [6, 6.07) is 5.70. The quantitative estimate of drug-likeness (QED) is 0.296. The van der Waals surface area contributed by atoms with E-state index >= 15 is 0 Å². The molecule has 5 nitrogen and oxygen atoms in total. The highest BCUT2D eigenvalue weighted by Crippen LogP contribution is 2.40. The third-order valence-corrected chi connectivity index (χ3v) is 6.92. The van der Waals surface area contributed by atoms with E-state index in [-0.39, 0.29) is 17.2 Å². The third kappa shape index (κ3) is 5.32. The highest BCUT2D eigenvalue weighted by Gasteiger charge is 2.29. The normalized spacial score (nSPS) is 19.6. The molecular formula is C24H34FN5S. The summed E-state index contributed by atoms with van der Waals surface area (Å²) in [6.45, 7) is 8.04. The minimum atomic E-state index is -0.209. The molecule has 2 aromatic rings. The van der Waals surface area contributed by atoms with Crippen LogP contribution in [0.4, 0.5) is 15.9 Å². The summed E-state index contributed by atoms with van der Waals surface area (Å²) in [7, 11) is 0. The number of nitrogens with zero attached hydrogens (tertiary/aromatic N) is 1. The summed E-state index contributed by atoms with van der Waals surface area (Å²) >= 11 is 1.56. The zero-order valence-corrected chi connectivity index (χ0v) is 19.9. The van der Waals surface area contributed by atoms with Gasteiger partial charge in [-0.1, -0.05) is 27.7 Å². The van der Waals surface area contributed by atoms with Crippen LogP contribution in [0.15, 0.2) is 34.9 Å². The lowest BCUT2D eigenvalue weighted by Crippen LogP contribution is -2.20. The van der Waals surface area contributed by atoms with Crippen molar-refractivity contribution in [3.8, 4) is 0 Å². The van der Waals surface area contributed by atoms with Crippen molar-refractivity contribution in [2.24, 2.45) is 17.1 Å². The molecule has 0 saturated heterocycles. The zero-order chi connectivity index (χ0) is 22.8. The van der Waals surface area contributed by atoms with E-state index in [0.717, 1.165) is 41.1 Å². The summed E-state index contributed by atoms with van der Waals surface area (Å²) in [6.07, 6.45) is 7.38. The Balaban J connectivity index is 1.68. The number of hydrogen-bond donors (Lipinski definition) is 4. The van der Waals surface area contributed by atoms with Crippen molar-refractivity contribution in [3.05, 3.63) is 47.0 Å². The van der Waals surface area contributed by atoms with E-state index in [1.165, 1.54) is 0 Å². The maximum Gasteiger partial charge on any atom is 0.152 e. The first kappa shape index (κ1) is 23.4. The number of anilines is 2. The topological polar surface area (TPSA) is 90.6 Å². The lowest BCUT2D eigenvalue weighted by molar-refractivity contribution is 0.584. The van der Waals surface area contributed by atoms with E-state index < -0.39 is 0 Å². The van der Waals surface area contributed by atoms with Crippen LogP contribution in [0.1, 0.15) is 64.1 Å². The summed E-state index contributed by atoms with van der Waals surface area (Å²) in [5.41, 5.74) is 9.70. The lowest BCUT2D eigenvalue weighted by Gasteiger charge is -2.19. The van der Waals surface area contributed by atoms with Crippen LogP contribution in [-0.2, 0) is 6.42 Å². The zero-order valence-electron chi connectivity index (χ0n) is 19.1. The van der Waals surface area contributed by atoms with Gasteiger partial charge in [0.2, 0.25) is 0 Å². The third-order valence-electron chi connectivity index (χ3n) is 6.10. The molecule has 2 atom stereocenters. The summed E-state index contributed by atoms with van der Waals surface area (Å²) < 4.78 is 14.9. The van der Waals surface area contributed by atoms with Crippen molar-refractivity contribution < 1.29 is 4.39 Å². The van der Waals surface area contributed by atoms with Gasteiger partial charge in [0.1, 0.15) is 0 Å². The van der Waals surface area contributed by atoms with Gasteiger partial charge in [0, 0.05) is 45.0 Å². The molecule has 1 saturated carbocycles. The molecule has 1 fully saturated rings. The number of thioether (sulfide) groups is 1. The SMILES string of the molecule is CCc1c(SC)ccc(Nc2cc(C3CCC(/C(N)=C/C(=N)C(C)(C)C)C3)[nH]n2)c1F. The molecule has 168 valence electrons. The van der Waals surface area contributed by atoms with Gasteiger partial charge in [-0.2, -0.15) is 5.10 Å². The number of nitrogens with two attached hydrogens (primary N) is 1. The van der Waals surface area contributed by atoms with Crippen LogP contribution in [0, 0.1) is 22.6 Å². The fourth-order valence-corrected chi connectivity index (χ4v) is 4.72. The molecule has 1 aliphatic rings. The number of aromatic nitrogens is 2. The largest absolute Gasteiger partial charge is 0.402 e. The molecule has 31 heavy (non-hydrogen) atoms. The van der Waals surface area contributed by atoms with E-state index in [1.54, 1.807) is 17.8 Å². The van der Waals surface area contributed by atoms with Gasteiger partial charge in [-0.3, -0.25) is 5.10 Å². The molecule has 1 aliphatic carbocycles. The second kappa shape index (κ2) is 9.47. The molecule has 1 aromatic heterocycles. The van der Waals surface area contributed by atoms with Crippen molar-refractivity contribution in [2.45, 2.75) is 64.2 Å². The Morgan fingerprint density at radius 1 is 1.39 bits per heavy atom. The number of rotatable bonds is 7. The van der Waals surface area contributed by atoms with E-state index in [1.807, 2.05) is 52.2 Å². The first-order valence-electron chi connectivity index (χ1n) is 10.9. The maximum absolute atomic E-state index is 14.9. The molecule has 0 spiro atoms. The molecule has 0 bridgehead atoms. The number of aromatic amines is 1. The number of H-pyrrole nitrogens is 1. The van der Waals surface area contributed by atoms with E-state index in [4.69, 9.17) is 11.1 Å². The van der Waals surface area contributed by atoms with Gasteiger partial charge in [0.15, 0.2) is 11.6 Å². The van der Waals surface area contributed by atoms with Gasteiger partial charge in [-0.05, 0) is 56.1 Å². The molecular weight excluding hydrogens is 409 g/mol. The Bertz CT molecular complexity index is 973. The number of hydrogen-bond acceptors (Lipinski definition) is 5. The molecule has 7 heteroatoms. The monoisotopic (exact) mass is 443 g/mol. The second-order valence-corrected chi connectivity index (χ2v) is 10.2. The molecule has 0 amide bonds. The van der Waals surface area contributed by atoms with Crippen LogP contribution < -0.4 is 11.1 Å². The van der Waals surface area contributed by atoms with E-state index in [0.29, 0.717) is 29.6 Å². The average molecular weight is 444 g/mol. The highest BCUT2D eigenvalue weighted by molar-refractivity contribution is 7.98. The Hall–Kier alpha value is -2.28. The molecule has 0 radical (unpaired) electrons. The van der Waals surface area contributed by atoms with Gasteiger partial charge in [-0.25, -0.2) is 4.39 Å². The standard InChI is InChI=1S/C24H34FN5S/c1-6-16-20(31-5)10-9-18(23(16)25)28-22-13-19(29-30-22)15-8-7-14(11-15)17(26)12-21(27)24(2,3)4/h9-10,12-15,27H,6-8,11,26H2,1-5H3,(H2,28,29,30)/b17-12-,27-21?. The smallest absolute Gasteiger partial charge is 0.152 e. The van der Waals surface area contributed by atoms with Crippen LogP contribution in [0.2, 0.25) is 0 Å². The summed E-state index contributed by atoms with van der Waals surface area (Å²) in [5.74, 6) is 1.02. The highest BCUT2D eigenvalue weighted by atomic mass is 32.2. The molecule has 3 rings (SSSR count). The molecule has 1 aromatic carbocycles. The van der Waals surface area contributed by atoms with Crippen molar-refractivity contribution in [2.75, 3.05) is 11.6 Å². The van der Waals surface area contributed by atoms with Crippen LogP contribution in [0.25, 0.3) is 0 Å².